The molecule has 0 saturated carbocycles. The number of hydrogen-bond acceptors (Lipinski definition) is 2. The van der Waals surface area contributed by atoms with Gasteiger partial charge in [0.1, 0.15) is 0 Å². The summed E-state index contributed by atoms with van der Waals surface area (Å²) in [4.78, 5) is 4.13. The maximum atomic E-state index is 4.13. The van der Waals surface area contributed by atoms with Gasteiger partial charge in [-0.1, -0.05) is 12.7 Å². The number of aliphatic imine (C=N–C) groups is 1. The molecule has 0 aromatic rings. The minimum absolute atomic E-state index is 0.355. The van der Waals surface area contributed by atoms with E-state index in [-0.39, 0.29) is 0 Å². The average molecular weight is 126 g/mol. The number of allylic oxidation sites excluding steroid dienone is 1. The summed E-state index contributed by atoms with van der Waals surface area (Å²) in [6, 6.07) is 0.355. The van der Waals surface area contributed by atoms with E-state index in [1.54, 1.807) is 12.3 Å². The van der Waals surface area contributed by atoms with E-state index in [9.17, 15) is 0 Å². The van der Waals surface area contributed by atoms with Crippen LogP contribution in [0.3, 0.4) is 0 Å². The van der Waals surface area contributed by atoms with Crippen molar-refractivity contribution in [3.8, 4) is 0 Å². The summed E-state index contributed by atoms with van der Waals surface area (Å²) in [6.45, 7) is 6.50. The third-order valence-electron chi connectivity index (χ3n) is 0.945. The SMILES string of the molecule is C=C/C=N\C(C)CNC. The molecule has 0 radical (unpaired) electrons. The fourth-order valence-corrected chi connectivity index (χ4v) is 0.556. The predicted octanol–water partition coefficient (Wildman–Crippen LogP) is 0.851. The fourth-order valence-electron chi connectivity index (χ4n) is 0.556. The molecular weight excluding hydrogens is 112 g/mol. The summed E-state index contributed by atoms with van der Waals surface area (Å²) >= 11 is 0. The normalized spacial score (nSPS) is 14.0. The molecule has 2 nitrogen and oxygen atoms in total. The number of rotatable bonds is 4. The molecule has 0 aliphatic heterocycles. The zero-order valence-electron chi connectivity index (χ0n) is 6.09. The largest absolute Gasteiger partial charge is 0.318 e. The van der Waals surface area contributed by atoms with Gasteiger partial charge in [-0.3, -0.25) is 4.99 Å². The van der Waals surface area contributed by atoms with Gasteiger partial charge >= 0.3 is 0 Å². The van der Waals surface area contributed by atoms with Crippen LogP contribution in [-0.2, 0) is 0 Å². The summed E-state index contributed by atoms with van der Waals surface area (Å²) in [5.41, 5.74) is 0. The first-order chi connectivity index (χ1) is 4.31. The van der Waals surface area contributed by atoms with Crippen LogP contribution in [0.4, 0.5) is 0 Å². The summed E-state index contributed by atoms with van der Waals surface area (Å²) in [5.74, 6) is 0. The lowest BCUT2D eigenvalue weighted by atomic mass is 10.3. The van der Waals surface area contributed by atoms with Crippen LogP contribution in [0, 0.1) is 0 Å². The molecule has 0 fully saturated rings. The van der Waals surface area contributed by atoms with E-state index in [0.29, 0.717) is 6.04 Å². The smallest absolute Gasteiger partial charge is 0.0595 e. The third kappa shape index (κ3) is 5.24. The molecule has 1 N–H and O–H groups in total. The second-order valence-corrected chi connectivity index (χ2v) is 1.94. The minimum Gasteiger partial charge on any atom is -0.318 e. The summed E-state index contributed by atoms with van der Waals surface area (Å²) in [5, 5.41) is 3.03. The van der Waals surface area contributed by atoms with Gasteiger partial charge in [-0.2, -0.15) is 0 Å². The van der Waals surface area contributed by atoms with E-state index in [0.717, 1.165) is 6.54 Å². The van der Waals surface area contributed by atoms with Crippen molar-refractivity contribution in [3.05, 3.63) is 12.7 Å². The van der Waals surface area contributed by atoms with Gasteiger partial charge in [0, 0.05) is 12.8 Å². The van der Waals surface area contributed by atoms with E-state index in [1.807, 2.05) is 7.05 Å². The molecule has 0 aromatic heterocycles. The van der Waals surface area contributed by atoms with Crippen molar-refractivity contribution in [1.29, 1.82) is 0 Å². The maximum Gasteiger partial charge on any atom is 0.0595 e. The lowest BCUT2D eigenvalue weighted by Crippen LogP contribution is -2.18. The Hall–Kier alpha value is -0.630. The van der Waals surface area contributed by atoms with Crippen molar-refractivity contribution in [1.82, 2.24) is 5.32 Å². The first kappa shape index (κ1) is 8.37. The molecule has 9 heavy (non-hydrogen) atoms. The topological polar surface area (TPSA) is 24.4 Å². The van der Waals surface area contributed by atoms with Gasteiger partial charge in [0.2, 0.25) is 0 Å². The monoisotopic (exact) mass is 126 g/mol. The quantitative estimate of drug-likeness (QED) is 0.555. The Bertz CT molecular complexity index is 97.1. The number of nitrogens with one attached hydrogen (secondary N) is 1. The Morgan fingerprint density at radius 2 is 2.44 bits per heavy atom. The van der Waals surface area contributed by atoms with Gasteiger partial charge in [-0.15, -0.1) is 0 Å². The van der Waals surface area contributed by atoms with Crippen LogP contribution in [0.1, 0.15) is 6.92 Å². The molecule has 2 heteroatoms. The number of hydrogen-bond donors (Lipinski definition) is 1. The summed E-state index contributed by atoms with van der Waals surface area (Å²) < 4.78 is 0. The highest BCUT2D eigenvalue weighted by molar-refractivity contribution is 5.70. The maximum absolute atomic E-state index is 4.13. The Balaban J connectivity index is 3.35. The predicted molar refractivity (Wildman–Crippen MR) is 42.1 cm³/mol. The van der Waals surface area contributed by atoms with Gasteiger partial charge in [0.15, 0.2) is 0 Å². The molecule has 0 rings (SSSR count). The van der Waals surface area contributed by atoms with Gasteiger partial charge in [0.25, 0.3) is 0 Å². The van der Waals surface area contributed by atoms with Gasteiger partial charge in [0.05, 0.1) is 6.04 Å². The molecule has 1 atom stereocenters. The van der Waals surface area contributed by atoms with Crippen LogP contribution in [0.15, 0.2) is 17.6 Å². The lowest BCUT2D eigenvalue weighted by Gasteiger charge is -2.01. The standard InChI is InChI=1S/C7H14N2/c1-4-5-9-7(2)6-8-3/h4-5,7-8H,1,6H2,2-3H3/b9-5-. The molecule has 0 bridgehead atoms. The van der Waals surface area contributed by atoms with Gasteiger partial charge in [-0.05, 0) is 14.0 Å². The number of likely N-dealkylation sites (N-methyl/N-ethyl adjacent to an activating group) is 1. The summed E-state index contributed by atoms with van der Waals surface area (Å²) in [6.07, 6.45) is 3.41. The highest BCUT2D eigenvalue weighted by Gasteiger charge is 1.90. The molecule has 0 aliphatic carbocycles. The minimum atomic E-state index is 0.355. The Morgan fingerprint density at radius 3 is 2.89 bits per heavy atom. The van der Waals surface area contributed by atoms with Crippen molar-refractivity contribution in [2.75, 3.05) is 13.6 Å². The Morgan fingerprint density at radius 1 is 1.78 bits per heavy atom. The summed E-state index contributed by atoms with van der Waals surface area (Å²) in [7, 11) is 1.92. The second kappa shape index (κ2) is 5.51. The van der Waals surface area contributed by atoms with E-state index >= 15 is 0 Å². The van der Waals surface area contributed by atoms with Crippen molar-refractivity contribution in [2.45, 2.75) is 13.0 Å². The van der Waals surface area contributed by atoms with Crippen molar-refractivity contribution < 1.29 is 0 Å². The molecule has 0 aromatic carbocycles. The molecule has 1 unspecified atom stereocenters. The highest BCUT2D eigenvalue weighted by Crippen LogP contribution is 1.83. The highest BCUT2D eigenvalue weighted by atomic mass is 14.9. The van der Waals surface area contributed by atoms with Crippen molar-refractivity contribution in [2.24, 2.45) is 4.99 Å². The van der Waals surface area contributed by atoms with Crippen LogP contribution in [0.2, 0.25) is 0 Å². The van der Waals surface area contributed by atoms with Crippen molar-refractivity contribution >= 4 is 6.21 Å². The van der Waals surface area contributed by atoms with Gasteiger partial charge in [-0.25, -0.2) is 0 Å². The van der Waals surface area contributed by atoms with Crippen LogP contribution in [-0.4, -0.2) is 25.8 Å². The molecule has 0 amide bonds. The first-order valence-corrected chi connectivity index (χ1v) is 3.10. The first-order valence-electron chi connectivity index (χ1n) is 3.10. The van der Waals surface area contributed by atoms with Crippen LogP contribution in [0.25, 0.3) is 0 Å². The Kier molecular flexibility index (Phi) is 5.12. The van der Waals surface area contributed by atoms with Crippen molar-refractivity contribution in [3.63, 3.8) is 0 Å². The van der Waals surface area contributed by atoms with Gasteiger partial charge < -0.3 is 5.32 Å². The average Bonchev–Trinajstić information content (AvgIpc) is 1.85. The molecule has 0 heterocycles. The Labute approximate surface area is 56.7 Å². The third-order valence-corrected chi connectivity index (χ3v) is 0.945. The van der Waals surface area contributed by atoms with E-state index in [2.05, 4.69) is 23.8 Å². The zero-order chi connectivity index (χ0) is 7.11. The van der Waals surface area contributed by atoms with E-state index in [1.165, 1.54) is 0 Å². The fraction of sp³-hybridized carbons (Fsp3) is 0.571. The number of nitrogens with zero attached hydrogens (tertiary/aromatic N) is 1. The lowest BCUT2D eigenvalue weighted by molar-refractivity contribution is 0.670. The molecule has 0 saturated heterocycles. The zero-order valence-corrected chi connectivity index (χ0v) is 6.09. The molecule has 0 spiro atoms. The van der Waals surface area contributed by atoms with Crippen LogP contribution < -0.4 is 5.32 Å². The molecular formula is C7H14N2. The van der Waals surface area contributed by atoms with E-state index < -0.39 is 0 Å². The van der Waals surface area contributed by atoms with Crippen LogP contribution in [0.5, 0.6) is 0 Å². The second-order valence-electron chi connectivity index (χ2n) is 1.94. The molecule has 52 valence electrons. The van der Waals surface area contributed by atoms with E-state index in [4.69, 9.17) is 0 Å². The van der Waals surface area contributed by atoms with Crippen LogP contribution >= 0.6 is 0 Å². The molecule has 0 aliphatic rings.